The Bertz CT molecular complexity index is 341. The average Bonchev–Trinajstić information content (AvgIpc) is 2.39. The van der Waals surface area contributed by atoms with Crippen LogP contribution in [0, 0.1) is 0 Å². The van der Waals surface area contributed by atoms with Crippen LogP contribution in [-0.4, -0.2) is 38.8 Å². The van der Waals surface area contributed by atoms with Crippen molar-refractivity contribution in [3.05, 3.63) is 29.8 Å². The molecule has 1 aromatic rings. The molecule has 0 aliphatic carbocycles. The second kappa shape index (κ2) is 9.82. The molecule has 0 aliphatic rings. The number of unbranched alkanes of at least 4 members (excludes halogenated alkanes) is 2. The molecule has 0 radical (unpaired) electrons. The Labute approximate surface area is 127 Å². The van der Waals surface area contributed by atoms with E-state index in [1.807, 2.05) is 0 Å². The van der Waals surface area contributed by atoms with E-state index in [-0.39, 0.29) is 0 Å². The zero-order valence-corrected chi connectivity index (χ0v) is 16.1. The van der Waals surface area contributed by atoms with Crippen molar-refractivity contribution < 1.29 is 0 Å². The first-order valence-electron chi connectivity index (χ1n) is 7.76. The summed E-state index contributed by atoms with van der Waals surface area (Å²) >= 11 is -1.38. The van der Waals surface area contributed by atoms with Crippen LogP contribution in [0.3, 0.4) is 0 Å². The SMILES string of the molecule is CCC[CH2][Sn+]([CH2]CCC)[c]1ccccc1CN(C)C. The molecule has 0 heterocycles. The molecular formula is C17H30NSn+. The van der Waals surface area contributed by atoms with Crippen molar-refractivity contribution in [2.24, 2.45) is 0 Å². The molecule has 0 N–H and O–H groups in total. The van der Waals surface area contributed by atoms with E-state index in [1.165, 1.54) is 25.7 Å². The molecule has 0 saturated heterocycles. The van der Waals surface area contributed by atoms with Gasteiger partial charge in [-0.25, -0.2) is 0 Å². The van der Waals surface area contributed by atoms with Crippen LogP contribution >= 0.6 is 0 Å². The van der Waals surface area contributed by atoms with Crippen LogP contribution in [0.25, 0.3) is 0 Å². The van der Waals surface area contributed by atoms with Gasteiger partial charge in [-0.2, -0.15) is 0 Å². The Kier molecular flexibility index (Phi) is 8.80. The number of hydrogen-bond acceptors (Lipinski definition) is 1. The van der Waals surface area contributed by atoms with Crippen LogP contribution < -0.4 is 3.58 Å². The number of benzene rings is 1. The van der Waals surface area contributed by atoms with Crippen molar-refractivity contribution in [1.29, 1.82) is 0 Å². The predicted octanol–water partition coefficient (Wildman–Crippen LogP) is 4.05. The summed E-state index contributed by atoms with van der Waals surface area (Å²) in [6, 6.07) is 9.27. The van der Waals surface area contributed by atoms with Crippen molar-refractivity contribution in [2.75, 3.05) is 14.1 Å². The molecule has 0 bridgehead atoms. The molecule has 1 nitrogen and oxygen atoms in total. The molecule has 2 heteroatoms. The van der Waals surface area contributed by atoms with Gasteiger partial charge < -0.3 is 0 Å². The van der Waals surface area contributed by atoms with Crippen LogP contribution in [-0.2, 0) is 6.54 Å². The third-order valence-electron chi connectivity index (χ3n) is 3.55. The third-order valence-corrected chi connectivity index (χ3v) is 12.6. The average molecular weight is 367 g/mol. The minimum atomic E-state index is -1.38. The van der Waals surface area contributed by atoms with Crippen molar-refractivity contribution in [3.63, 3.8) is 0 Å². The Hall–Kier alpha value is -0.0213. The van der Waals surface area contributed by atoms with Crippen LogP contribution in [0.5, 0.6) is 0 Å². The molecule has 0 aromatic heterocycles. The molecule has 0 amide bonds. The normalized spacial score (nSPS) is 11.0. The molecule has 106 valence electrons. The van der Waals surface area contributed by atoms with E-state index in [9.17, 15) is 0 Å². The Morgan fingerprint density at radius 1 is 0.947 bits per heavy atom. The molecule has 0 fully saturated rings. The number of hydrogen-bond donors (Lipinski definition) is 0. The fourth-order valence-corrected chi connectivity index (χ4v) is 11.9. The van der Waals surface area contributed by atoms with Gasteiger partial charge in [-0.3, -0.25) is 0 Å². The third kappa shape index (κ3) is 6.31. The maximum absolute atomic E-state index is 2.44. The summed E-state index contributed by atoms with van der Waals surface area (Å²) in [4.78, 5) is 2.30. The monoisotopic (exact) mass is 368 g/mol. The van der Waals surface area contributed by atoms with E-state index in [4.69, 9.17) is 0 Å². The number of nitrogens with zero attached hydrogens (tertiary/aromatic N) is 1. The molecule has 1 rings (SSSR count). The van der Waals surface area contributed by atoms with E-state index in [2.05, 4.69) is 57.1 Å². The fraction of sp³-hybridized carbons (Fsp3) is 0.647. The predicted molar refractivity (Wildman–Crippen MR) is 88.7 cm³/mol. The molecule has 19 heavy (non-hydrogen) atoms. The van der Waals surface area contributed by atoms with E-state index in [1.54, 1.807) is 18.0 Å². The van der Waals surface area contributed by atoms with Gasteiger partial charge in [0.05, 0.1) is 0 Å². The molecule has 0 saturated carbocycles. The zero-order valence-electron chi connectivity index (χ0n) is 13.2. The van der Waals surface area contributed by atoms with E-state index >= 15 is 0 Å². The number of rotatable bonds is 9. The van der Waals surface area contributed by atoms with Crippen LogP contribution in [0.1, 0.15) is 45.1 Å². The van der Waals surface area contributed by atoms with Crippen LogP contribution in [0.4, 0.5) is 0 Å². The first-order chi connectivity index (χ1) is 9.19. The fourth-order valence-electron chi connectivity index (χ4n) is 2.52. The van der Waals surface area contributed by atoms with Crippen molar-refractivity contribution in [3.8, 4) is 0 Å². The molecule has 0 atom stereocenters. The second-order valence-corrected chi connectivity index (χ2v) is 13.5. The second-order valence-electron chi connectivity index (χ2n) is 5.71. The molecule has 0 aliphatic heterocycles. The quantitative estimate of drug-likeness (QED) is 0.596. The van der Waals surface area contributed by atoms with Gasteiger partial charge in [0.1, 0.15) is 0 Å². The van der Waals surface area contributed by atoms with E-state index in [0.29, 0.717) is 0 Å². The van der Waals surface area contributed by atoms with Gasteiger partial charge in [0.15, 0.2) is 0 Å². The van der Waals surface area contributed by atoms with Crippen molar-refractivity contribution in [1.82, 2.24) is 4.90 Å². The van der Waals surface area contributed by atoms with Gasteiger partial charge in [0.2, 0.25) is 0 Å². The molecule has 0 unspecified atom stereocenters. The molecule has 0 spiro atoms. The van der Waals surface area contributed by atoms with Gasteiger partial charge in [0.25, 0.3) is 0 Å². The summed E-state index contributed by atoms with van der Waals surface area (Å²) in [5, 5.41) is 0. The summed E-state index contributed by atoms with van der Waals surface area (Å²) in [7, 11) is 4.36. The summed E-state index contributed by atoms with van der Waals surface area (Å²) in [5.74, 6) is 0. The van der Waals surface area contributed by atoms with Crippen LogP contribution in [0.15, 0.2) is 24.3 Å². The van der Waals surface area contributed by atoms with Gasteiger partial charge in [-0.05, 0) is 0 Å². The first-order valence-corrected chi connectivity index (χ1v) is 13.2. The Morgan fingerprint density at radius 3 is 2.05 bits per heavy atom. The van der Waals surface area contributed by atoms with Crippen molar-refractivity contribution >= 4 is 23.3 Å². The summed E-state index contributed by atoms with van der Waals surface area (Å²) in [6.07, 6.45) is 5.58. The zero-order chi connectivity index (χ0) is 14.1. The van der Waals surface area contributed by atoms with Gasteiger partial charge in [-0.15, -0.1) is 0 Å². The Morgan fingerprint density at radius 2 is 1.53 bits per heavy atom. The summed E-state index contributed by atoms with van der Waals surface area (Å²) in [6.45, 7) is 5.76. The standard InChI is InChI=1S/C9H12N.2C4H9.Sn/c1-10(2)8-9-6-4-3-5-7-9;2*1-3-4-2;/h3-6H,8H2,1-2H3;2*1,3-4H2,2H3;/q;;;+1. The first kappa shape index (κ1) is 17.0. The molecule has 1 aromatic carbocycles. The summed E-state index contributed by atoms with van der Waals surface area (Å²) in [5.41, 5.74) is 1.61. The molecular weight excluding hydrogens is 337 g/mol. The van der Waals surface area contributed by atoms with Gasteiger partial charge in [0, 0.05) is 0 Å². The van der Waals surface area contributed by atoms with Gasteiger partial charge in [-0.1, -0.05) is 0 Å². The minimum absolute atomic E-state index is 1.11. The Balaban J connectivity index is 2.85. The van der Waals surface area contributed by atoms with E-state index < -0.39 is 19.8 Å². The van der Waals surface area contributed by atoms with Gasteiger partial charge >= 0.3 is 127 Å². The van der Waals surface area contributed by atoms with Crippen LogP contribution in [0.2, 0.25) is 8.87 Å². The summed E-state index contributed by atoms with van der Waals surface area (Å²) < 4.78 is 4.88. The topological polar surface area (TPSA) is 3.24 Å². The van der Waals surface area contributed by atoms with Crippen molar-refractivity contribution in [2.45, 2.75) is 54.9 Å². The van der Waals surface area contributed by atoms with E-state index in [0.717, 1.165) is 6.54 Å². The maximum atomic E-state index is 2.44.